The number of likely N-dealkylation sites (tertiary alicyclic amines) is 1. The molecule has 0 unspecified atom stereocenters. The van der Waals surface area contributed by atoms with Gasteiger partial charge in [0.15, 0.2) is 0 Å². The smallest absolute Gasteiger partial charge is 0.115 e. The molecule has 21 heavy (non-hydrogen) atoms. The van der Waals surface area contributed by atoms with Crippen LogP contribution in [0, 0.1) is 5.92 Å². The van der Waals surface area contributed by atoms with Crippen LogP contribution in [0.1, 0.15) is 18.5 Å². The zero-order valence-corrected chi connectivity index (χ0v) is 12.9. The maximum atomic E-state index is 5.83. The molecule has 0 spiro atoms. The van der Waals surface area contributed by atoms with E-state index in [1.165, 1.54) is 25.9 Å². The lowest BCUT2D eigenvalue weighted by atomic mass is 9.99. The quantitative estimate of drug-likeness (QED) is 0.833. The van der Waals surface area contributed by atoms with Crippen molar-refractivity contribution in [2.75, 3.05) is 46.4 Å². The summed E-state index contributed by atoms with van der Waals surface area (Å²) in [6.45, 7) is 6.38. The first-order valence-corrected chi connectivity index (χ1v) is 8.06. The van der Waals surface area contributed by atoms with Gasteiger partial charge in [0.1, 0.15) is 6.33 Å². The summed E-state index contributed by atoms with van der Waals surface area (Å²) < 4.78 is 5.83. The molecule has 2 fully saturated rings. The van der Waals surface area contributed by atoms with Crippen molar-refractivity contribution < 1.29 is 4.74 Å². The molecule has 0 aliphatic carbocycles. The van der Waals surface area contributed by atoms with E-state index in [-0.39, 0.29) is 0 Å². The van der Waals surface area contributed by atoms with Crippen LogP contribution in [0.2, 0.25) is 0 Å². The van der Waals surface area contributed by atoms with Crippen molar-refractivity contribution in [2.24, 2.45) is 5.92 Å². The van der Waals surface area contributed by atoms with E-state index in [2.05, 4.69) is 26.8 Å². The molecule has 5 nitrogen and oxygen atoms in total. The zero-order valence-electron chi connectivity index (χ0n) is 12.9. The Morgan fingerprint density at radius 2 is 2.14 bits per heavy atom. The Balaban J connectivity index is 1.58. The Labute approximate surface area is 127 Å². The topological polar surface area (TPSA) is 41.5 Å². The lowest BCUT2D eigenvalue weighted by molar-refractivity contribution is 0.105. The highest BCUT2D eigenvalue weighted by Gasteiger charge is 2.27. The molecule has 0 aromatic carbocycles. The molecule has 0 radical (unpaired) electrons. The van der Waals surface area contributed by atoms with Crippen LogP contribution in [0.3, 0.4) is 0 Å². The summed E-state index contributed by atoms with van der Waals surface area (Å²) in [6, 6.07) is 2.75. The monoisotopic (exact) mass is 290 g/mol. The molecule has 3 rings (SSSR count). The minimum atomic E-state index is 0.544. The molecule has 2 saturated heterocycles. The van der Waals surface area contributed by atoms with Gasteiger partial charge >= 0.3 is 0 Å². The fourth-order valence-corrected chi connectivity index (χ4v) is 3.46. The average Bonchev–Trinajstić information content (AvgIpc) is 2.75. The van der Waals surface area contributed by atoms with Crippen molar-refractivity contribution in [1.82, 2.24) is 19.8 Å². The molecule has 0 amide bonds. The van der Waals surface area contributed by atoms with Crippen molar-refractivity contribution in [3.63, 3.8) is 0 Å². The van der Waals surface area contributed by atoms with E-state index in [4.69, 9.17) is 4.74 Å². The standard InChI is InChI=1S/C16H26N4O/c1-19-6-3-16(4-7-19)20-8-9-21-12-14(11-20)10-15-2-5-17-13-18-15/h2,5,13-14,16H,3-4,6-12H2,1H3/t14-/m1/s1. The Hall–Kier alpha value is -1.04. The molecular weight excluding hydrogens is 264 g/mol. The molecule has 5 heteroatoms. The SMILES string of the molecule is CN1CCC(N2CCOC[C@H](Cc3ccncn3)C2)CC1. The first-order valence-electron chi connectivity index (χ1n) is 8.06. The van der Waals surface area contributed by atoms with Crippen molar-refractivity contribution in [1.29, 1.82) is 0 Å². The predicted octanol–water partition coefficient (Wildman–Crippen LogP) is 1.06. The van der Waals surface area contributed by atoms with Gasteiger partial charge in [0.25, 0.3) is 0 Å². The van der Waals surface area contributed by atoms with Crippen molar-refractivity contribution in [3.8, 4) is 0 Å². The van der Waals surface area contributed by atoms with E-state index in [0.717, 1.165) is 44.5 Å². The van der Waals surface area contributed by atoms with E-state index in [1.807, 2.05) is 12.3 Å². The zero-order chi connectivity index (χ0) is 14.5. The largest absolute Gasteiger partial charge is 0.380 e. The Morgan fingerprint density at radius 1 is 1.29 bits per heavy atom. The van der Waals surface area contributed by atoms with Gasteiger partial charge in [-0.15, -0.1) is 0 Å². The van der Waals surface area contributed by atoms with Crippen LogP contribution in [0.25, 0.3) is 0 Å². The number of nitrogens with zero attached hydrogens (tertiary/aromatic N) is 4. The van der Waals surface area contributed by atoms with Crippen molar-refractivity contribution in [2.45, 2.75) is 25.3 Å². The maximum Gasteiger partial charge on any atom is 0.115 e. The van der Waals surface area contributed by atoms with Crippen LogP contribution in [0.15, 0.2) is 18.6 Å². The Kier molecular flexibility index (Phi) is 5.17. The fourth-order valence-electron chi connectivity index (χ4n) is 3.46. The number of ether oxygens (including phenoxy) is 1. The number of hydrogen-bond donors (Lipinski definition) is 0. The van der Waals surface area contributed by atoms with E-state index in [0.29, 0.717) is 5.92 Å². The third-order valence-electron chi connectivity index (χ3n) is 4.71. The summed E-state index contributed by atoms with van der Waals surface area (Å²) in [4.78, 5) is 13.4. The van der Waals surface area contributed by atoms with E-state index < -0.39 is 0 Å². The highest BCUT2D eigenvalue weighted by molar-refractivity contribution is 4.99. The molecule has 2 aliphatic heterocycles. The molecule has 1 atom stereocenters. The average molecular weight is 290 g/mol. The summed E-state index contributed by atoms with van der Waals surface area (Å²) >= 11 is 0. The molecular formula is C16H26N4O. The first-order chi connectivity index (χ1) is 10.3. The summed E-state index contributed by atoms with van der Waals surface area (Å²) in [5, 5.41) is 0. The Bertz CT molecular complexity index is 420. The van der Waals surface area contributed by atoms with Crippen LogP contribution >= 0.6 is 0 Å². The van der Waals surface area contributed by atoms with Crippen LogP contribution in [-0.4, -0.2) is 72.3 Å². The number of hydrogen-bond acceptors (Lipinski definition) is 5. The van der Waals surface area contributed by atoms with E-state index >= 15 is 0 Å². The molecule has 0 N–H and O–H groups in total. The van der Waals surface area contributed by atoms with Gasteiger partial charge in [-0.25, -0.2) is 9.97 Å². The van der Waals surface area contributed by atoms with Crippen molar-refractivity contribution >= 4 is 0 Å². The predicted molar refractivity (Wildman–Crippen MR) is 82.1 cm³/mol. The third kappa shape index (κ3) is 4.22. The third-order valence-corrected chi connectivity index (χ3v) is 4.71. The van der Waals surface area contributed by atoms with Gasteiger partial charge in [0.05, 0.1) is 13.2 Å². The molecule has 3 heterocycles. The van der Waals surface area contributed by atoms with Crippen molar-refractivity contribution in [3.05, 3.63) is 24.3 Å². The minimum absolute atomic E-state index is 0.544. The normalized spacial score (nSPS) is 26.6. The van der Waals surface area contributed by atoms with E-state index in [1.54, 1.807) is 6.33 Å². The molecule has 1 aromatic rings. The highest BCUT2D eigenvalue weighted by atomic mass is 16.5. The summed E-state index contributed by atoms with van der Waals surface area (Å²) in [5.74, 6) is 0.544. The second-order valence-corrected chi connectivity index (χ2v) is 6.38. The van der Waals surface area contributed by atoms with Gasteiger partial charge in [-0.2, -0.15) is 0 Å². The van der Waals surface area contributed by atoms with Crippen LogP contribution < -0.4 is 0 Å². The van der Waals surface area contributed by atoms with Crippen LogP contribution in [0.4, 0.5) is 0 Å². The summed E-state index contributed by atoms with van der Waals surface area (Å²) in [5.41, 5.74) is 1.13. The second kappa shape index (κ2) is 7.29. The van der Waals surface area contributed by atoms with Crippen LogP contribution in [-0.2, 0) is 11.2 Å². The Morgan fingerprint density at radius 3 is 2.90 bits per heavy atom. The lowest BCUT2D eigenvalue weighted by Gasteiger charge is -2.37. The number of piperidine rings is 1. The van der Waals surface area contributed by atoms with Gasteiger partial charge in [-0.3, -0.25) is 4.90 Å². The number of aromatic nitrogens is 2. The summed E-state index contributed by atoms with van der Waals surface area (Å²) in [6.07, 6.45) is 7.04. The van der Waals surface area contributed by atoms with Gasteiger partial charge in [0, 0.05) is 36.9 Å². The number of rotatable bonds is 3. The van der Waals surface area contributed by atoms with Gasteiger partial charge < -0.3 is 9.64 Å². The summed E-state index contributed by atoms with van der Waals surface area (Å²) in [7, 11) is 2.22. The first kappa shape index (κ1) is 14.9. The lowest BCUT2D eigenvalue weighted by Crippen LogP contribution is -2.46. The molecule has 0 bridgehead atoms. The van der Waals surface area contributed by atoms with Gasteiger partial charge in [0.2, 0.25) is 0 Å². The van der Waals surface area contributed by atoms with E-state index in [9.17, 15) is 0 Å². The minimum Gasteiger partial charge on any atom is -0.380 e. The molecule has 0 saturated carbocycles. The maximum absolute atomic E-state index is 5.83. The highest BCUT2D eigenvalue weighted by Crippen LogP contribution is 2.20. The van der Waals surface area contributed by atoms with Crippen LogP contribution in [0.5, 0.6) is 0 Å². The molecule has 1 aromatic heterocycles. The molecule has 116 valence electrons. The fraction of sp³-hybridized carbons (Fsp3) is 0.750. The van der Waals surface area contributed by atoms with Gasteiger partial charge in [-0.1, -0.05) is 0 Å². The molecule has 2 aliphatic rings. The second-order valence-electron chi connectivity index (χ2n) is 6.38. The van der Waals surface area contributed by atoms with Gasteiger partial charge in [-0.05, 0) is 45.5 Å².